The third kappa shape index (κ3) is 3.50. The highest BCUT2D eigenvalue weighted by atomic mass is 16.7. The lowest BCUT2D eigenvalue weighted by Gasteiger charge is -2.38. The maximum Gasteiger partial charge on any atom is 0.348 e. The second kappa shape index (κ2) is 6.91. The molecular formula is C19H20O5. The zero-order valence-electron chi connectivity index (χ0n) is 13.5. The number of hydrogen-bond acceptors (Lipinski definition) is 5. The van der Waals surface area contributed by atoms with Crippen molar-refractivity contribution in [1.29, 1.82) is 0 Å². The number of esters is 2. The molecule has 3 rings (SSSR count). The van der Waals surface area contributed by atoms with Gasteiger partial charge >= 0.3 is 11.9 Å². The van der Waals surface area contributed by atoms with Crippen molar-refractivity contribution in [3.8, 4) is 5.75 Å². The molecule has 1 aliphatic heterocycles. The summed E-state index contributed by atoms with van der Waals surface area (Å²) in [6.45, 7) is 4.00. The quantitative estimate of drug-likeness (QED) is 0.367. The van der Waals surface area contributed by atoms with Crippen LogP contribution in [-0.4, -0.2) is 24.3 Å². The first-order chi connectivity index (χ1) is 11.6. The topological polar surface area (TPSA) is 61.8 Å². The average molecular weight is 328 g/mol. The number of rotatable bonds is 4. The van der Waals surface area contributed by atoms with Gasteiger partial charge in [-0.1, -0.05) is 31.2 Å². The molecule has 1 spiro atoms. The van der Waals surface area contributed by atoms with Crippen molar-refractivity contribution in [1.82, 2.24) is 0 Å². The normalized spacial score (nSPS) is 19.4. The Hall–Kier alpha value is -2.56. The van der Waals surface area contributed by atoms with Crippen LogP contribution < -0.4 is 4.74 Å². The number of hydrogen-bond donors (Lipinski definition) is 0. The van der Waals surface area contributed by atoms with E-state index >= 15 is 0 Å². The molecule has 5 nitrogen and oxygen atoms in total. The maximum absolute atomic E-state index is 12.3. The standard InChI is InChI=1S/C19H20O5/c1-2-12-22-15-8-6-14(7-9-15)13-16-17(20)23-19(24-18(16)21)10-4-3-5-11-19/h2,6-9,13H,1,3-5,10-12H2. The van der Waals surface area contributed by atoms with Gasteiger partial charge in [-0.15, -0.1) is 0 Å². The lowest BCUT2D eigenvalue weighted by molar-refractivity contribution is -0.244. The van der Waals surface area contributed by atoms with Gasteiger partial charge in [-0.2, -0.15) is 0 Å². The van der Waals surface area contributed by atoms with Crippen LogP contribution in [-0.2, 0) is 19.1 Å². The SMILES string of the molecule is C=CCOc1ccc(C=C2C(=O)OC3(CCCCC3)OC2=O)cc1. The smallest absolute Gasteiger partial charge is 0.348 e. The van der Waals surface area contributed by atoms with Crippen LogP contribution in [0.4, 0.5) is 0 Å². The fraction of sp³-hybridized carbons (Fsp3) is 0.368. The molecule has 1 saturated heterocycles. The van der Waals surface area contributed by atoms with E-state index in [0.717, 1.165) is 19.3 Å². The summed E-state index contributed by atoms with van der Waals surface area (Å²) in [5, 5.41) is 0. The molecule has 0 unspecified atom stereocenters. The summed E-state index contributed by atoms with van der Waals surface area (Å²) in [5.41, 5.74) is 0.621. The first-order valence-corrected chi connectivity index (χ1v) is 8.14. The molecule has 1 heterocycles. The van der Waals surface area contributed by atoms with E-state index in [0.29, 0.717) is 30.8 Å². The highest BCUT2D eigenvalue weighted by Gasteiger charge is 2.46. The first kappa shape index (κ1) is 16.3. The molecule has 5 heteroatoms. The van der Waals surface area contributed by atoms with Crippen molar-refractivity contribution in [2.45, 2.75) is 37.9 Å². The van der Waals surface area contributed by atoms with E-state index in [4.69, 9.17) is 14.2 Å². The fourth-order valence-electron chi connectivity index (χ4n) is 2.95. The number of benzene rings is 1. The summed E-state index contributed by atoms with van der Waals surface area (Å²) in [6.07, 6.45) is 7.15. The van der Waals surface area contributed by atoms with Gasteiger partial charge in [0.1, 0.15) is 17.9 Å². The third-order valence-corrected chi connectivity index (χ3v) is 4.17. The summed E-state index contributed by atoms with van der Waals surface area (Å²) in [5.74, 6) is -1.58. The van der Waals surface area contributed by atoms with Crippen LogP contribution in [0.5, 0.6) is 5.75 Å². The number of ether oxygens (including phenoxy) is 3. The van der Waals surface area contributed by atoms with Crippen LogP contribution in [0, 0.1) is 0 Å². The Kier molecular flexibility index (Phi) is 4.69. The highest BCUT2D eigenvalue weighted by molar-refractivity contribution is 6.18. The van der Waals surface area contributed by atoms with Gasteiger partial charge in [-0.05, 0) is 36.6 Å². The van der Waals surface area contributed by atoms with Crippen LogP contribution in [0.25, 0.3) is 6.08 Å². The van der Waals surface area contributed by atoms with E-state index in [2.05, 4.69) is 6.58 Å². The molecule has 2 fully saturated rings. The monoisotopic (exact) mass is 328 g/mol. The first-order valence-electron chi connectivity index (χ1n) is 8.14. The number of carbonyl (C=O) groups is 2. The fourth-order valence-corrected chi connectivity index (χ4v) is 2.95. The van der Waals surface area contributed by atoms with Gasteiger partial charge in [-0.25, -0.2) is 9.59 Å². The molecule has 0 bridgehead atoms. The van der Waals surface area contributed by atoms with Crippen LogP contribution in [0.3, 0.4) is 0 Å². The summed E-state index contributed by atoms with van der Waals surface area (Å²) in [7, 11) is 0. The van der Waals surface area contributed by atoms with Crippen molar-refractivity contribution in [2.24, 2.45) is 0 Å². The minimum absolute atomic E-state index is 0.0778. The molecule has 0 N–H and O–H groups in total. The third-order valence-electron chi connectivity index (χ3n) is 4.17. The Morgan fingerprint density at radius 3 is 2.25 bits per heavy atom. The van der Waals surface area contributed by atoms with E-state index < -0.39 is 17.7 Å². The summed E-state index contributed by atoms with van der Waals surface area (Å²) in [6, 6.07) is 7.05. The van der Waals surface area contributed by atoms with Crippen molar-refractivity contribution < 1.29 is 23.8 Å². The predicted octanol–water partition coefficient (Wildman–Crippen LogP) is 3.40. The largest absolute Gasteiger partial charge is 0.490 e. The molecule has 0 atom stereocenters. The van der Waals surface area contributed by atoms with Crippen LogP contribution in [0.2, 0.25) is 0 Å². The highest BCUT2D eigenvalue weighted by Crippen LogP contribution is 2.37. The van der Waals surface area contributed by atoms with E-state index in [-0.39, 0.29) is 5.57 Å². The molecule has 24 heavy (non-hydrogen) atoms. The summed E-state index contributed by atoms with van der Waals surface area (Å²) >= 11 is 0. The lowest BCUT2D eigenvalue weighted by atomic mass is 9.93. The molecule has 126 valence electrons. The van der Waals surface area contributed by atoms with Gasteiger partial charge in [0.2, 0.25) is 0 Å². The Bertz CT molecular complexity index is 644. The minimum Gasteiger partial charge on any atom is -0.490 e. The molecular weight excluding hydrogens is 308 g/mol. The van der Waals surface area contributed by atoms with E-state index in [9.17, 15) is 9.59 Å². The van der Waals surface area contributed by atoms with Crippen molar-refractivity contribution in [2.75, 3.05) is 6.61 Å². The molecule has 1 saturated carbocycles. The predicted molar refractivity (Wildman–Crippen MR) is 88.1 cm³/mol. The molecule has 0 amide bonds. The zero-order chi connectivity index (χ0) is 17.0. The van der Waals surface area contributed by atoms with Crippen LogP contribution >= 0.6 is 0 Å². The van der Waals surface area contributed by atoms with Gasteiger partial charge in [-0.3, -0.25) is 0 Å². The Balaban J connectivity index is 1.74. The molecule has 2 aliphatic rings. The second-order valence-corrected chi connectivity index (χ2v) is 5.98. The van der Waals surface area contributed by atoms with Crippen molar-refractivity contribution in [3.63, 3.8) is 0 Å². The molecule has 0 aromatic heterocycles. The van der Waals surface area contributed by atoms with E-state index in [1.54, 1.807) is 30.3 Å². The van der Waals surface area contributed by atoms with Gasteiger partial charge in [0, 0.05) is 12.8 Å². The van der Waals surface area contributed by atoms with E-state index in [1.165, 1.54) is 6.08 Å². The van der Waals surface area contributed by atoms with Crippen LogP contribution in [0.15, 0.2) is 42.5 Å². The maximum atomic E-state index is 12.3. The minimum atomic E-state index is -1.05. The van der Waals surface area contributed by atoms with Gasteiger partial charge in [0.05, 0.1) is 0 Å². The second-order valence-electron chi connectivity index (χ2n) is 5.98. The van der Waals surface area contributed by atoms with Crippen molar-refractivity contribution in [3.05, 3.63) is 48.1 Å². The molecule has 0 radical (unpaired) electrons. The molecule has 1 aromatic rings. The van der Waals surface area contributed by atoms with Crippen molar-refractivity contribution >= 4 is 18.0 Å². The lowest BCUT2D eigenvalue weighted by Crippen LogP contribution is -2.47. The average Bonchev–Trinajstić information content (AvgIpc) is 2.58. The Morgan fingerprint density at radius 1 is 1.04 bits per heavy atom. The van der Waals surface area contributed by atoms with Crippen LogP contribution in [0.1, 0.15) is 37.7 Å². The van der Waals surface area contributed by atoms with Gasteiger partial charge in [0.15, 0.2) is 0 Å². The van der Waals surface area contributed by atoms with Gasteiger partial charge < -0.3 is 14.2 Å². The van der Waals surface area contributed by atoms with E-state index in [1.807, 2.05) is 0 Å². The Labute approximate surface area is 140 Å². The summed E-state index contributed by atoms with van der Waals surface area (Å²) < 4.78 is 16.3. The summed E-state index contributed by atoms with van der Waals surface area (Å²) in [4.78, 5) is 24.5. The number of carbonyl (C=O) groups excluding carboxylic acids is 2. The molecule has 1 aromatic carbocycles. The molecule has 1 aliphatic carbocycles. The Morgan fingerprint density at radius 2 is 1.67 bits per heavy atom. The zero-order valence-corrected chi connectivity index (χ0v) is 13.5. The van der Waals surface area contributed by atoms with Gasteiger partial charge in [0.25, 0.3) is 5.79 Å².